The fourth-order valence-corrected chi connectivity index (χ4v) is 5.25. The molecule has 2 heterocycles. The van der Waals surface area contributed by atoms with E-state index in [1.54, 1.807) is 6.26 Å². The van der Waals surface area contributed by atoms with Gasteiger partial charge in [-0.15, -0.1) is 0 Å². The summed E-state index contributed by atoms with van der Waals surface area (Å²) >= 11 is 0. The van der Waals surface area contributed by atoms with Crippen molar-refractivity contribution in [2.24, 2.45) is 10.9 Å². The van der Waals surface area contributed by atoms with E-state index in [-0.39, 0.29) is 11.7 Å². The van der Waals surface area contributed by atoms with Gasteiger partial charge in [0.25, 0.3) is 0 Å². The van der Waals surface area contributed by atoms with Crippen LogP contribution < -0.4 is 5.32 Å². The third-order valence-corrected chi connectivity index (χ3v) is 6.60. The van der Waals surface area contributed by atoms with Crippen LogP contribution in [0.5, 0.6) is 0 Å². The quantitative estimate of drug-likeness (QED) is 0.636. The summed E-state index contributed by atoms with van der Waals surface area (Å²) in [5.74, 6) is 1.53. The first-order chi connectivity index (χ1) is 11.5. The first kappa shape index (κ1) is 17.3. The fourth-order valence-electron chi connectivity index (χ4n) is 3.40. The Morgan fingerprint density at radius 1 is 1.42 bits per heavy atom. The summed E-state index contributed by atoms with van der Waals surface area (Å²) in [6.07, 6.45) is 7.10. The van der Waals surface area contributed by atoms with E-state index in [0.717, 1.165) is 30.9 Å². The monoisotopic (exact) mass is 354 g/mol. The maximum absolute atomic E-state index is 11.6. The number of hydrogen-bond donors (Lipinski definition) is 1. The van der Waals surface area contributed by atoms with E-state index < -0.39 is 9.84 Å². The SMILES string of the molecule is CN(Cc1ccon1)C(=NCC1CCS(=O)(=O)C1)NC1CCCC1. The molecule has 1 aliphatic carbocycles. The lowest BCUT2D eigenvalue weighted by Crippen LogP contribution is -2.43. The van der Waals surface area contributed by atoms with Crippen molar-refractivity contribution < 1.29 is 12.9 Å². The Labute approximate surface area is 143 Å². The Morgan fingerprint density at radius 2 is 2.21 bits per heavy atom. The van der Waals surface area contributed by atoms with Gasteiger partial charge in [-0.1, -0.05) is 18.0 Å². The van der Waals surface area contributed by atoms with Crippen LogP contribution in [0.25, 0.3) is 0 Å². The van der Waals surface area contributed by atoms with E-state index in [2.05, 4.69) is 10.5 Å². The van der Waals surface area contributed by atoms with Gasteiger partial charge in [-0.05, 0) is 25.2 Å². The Bertz CT molecular complexity index is 651. The molecule has 1 aromatic heterocycles. The van der Waals surface area contributed by atoms with Crippen LogP contribution in [-0.4, -0.2) is 55.6 Å². The van der Waals surface area contributed by atoms with Crippen LogP contribution in [0.2, 0.25) is 0 Å². The van der Waals surface area contributed by atoms with Crippen molar-refractivity contribution in [1.82, 2.24) is 15.4 Å². The second-order valence-electron chi connectivity index (χ2n) is 6.91. The van der Waals surface area contributed by atoms with Gasteiger partial charge in [-0.3, -0.25) is 4.99 Å². The smallest absolute Gasteiger partial charge is 0.194 e. The molecule has 1 saturated heterocycles. The molecule has 1 aromatic rings. The molecule has 1 unspecified atom stereocenters. The van der Waals surface area contributed by atoms with E-state index in [1.165, 1.54) is 12.8 Å². The number of rotatable bonds is 5. The van der Waals surface area contributed by atoms with Crippen LogP contribution >= 0.6 is 0 Å². The third-order valence-electron chi connectivity index (χ3n) is 4.77. The van der Waals surface area contributed by atoms with Crippen molar-refractivity contribution in [3.63, 3.8) is 0 Å². The van der Waals surface area contributed by atoms with E-state index in [4.69, 9.17) is 9.52 Å². The molecule has 0 spiro atoms. The van der Waals surface area contributed by atoms with Gasteiger partial charge in [0.15, 0.2) is 15.8 Å². The minimum absolute atomic E-state index is 0.135. The molecule has 1 saturated carbocycles. The molecule has 0 amide bonds. The standard InChI is InChI=1S/C16H26N4O3S/c1-20(11-15-6-8-23-19-15)16(18-14-4-2-3-5-14)17-10-13-7-9-24(21,22)12-13/h6,8,13-14H,2-5,7,9-12H2,1H3,(H,17,18). The Balaban J connectivity index is 1.64. The number of hydrogen-bond acceptors (Lipinski definition) is 5. The molecule has 2 fully saturated rings. The molecule has 8 heteroatoms. The summed E-state index contributed by atoms with van der Waals surface area (Å²) in [6, 6.07) is 2.29. The van der Waals surface area contributed by atoms with E-state index in [9.17, 15) is 8.42 Å². The summed E-state index contributed by atoms with van der Waals surface area (Å²) in [5, 5.41) is 7.49. The zero-order chi connectivity index (χ0) is 17.0. The molecule has 134 valence electrons. The normalized spacial score (nSPS) is 24.4. The van der Waals surface area contributed by atoms with Gasteiger partial charge in [0.05, 0.1) is 18.1 Å². The third kappa shape index (κ3) is 4.72. The van der Waals surface area contributed by atoms with Gasteiger partial charge in [0.1, 0.15) is 12.0 Å². The summed E-state index contributed by atoms with van der Waals surface area (Å²) in [7, 11) is -0.880. The van der Waals surface area contributed by atoms with Gasteiger partial charge >= 0.3 is 0 Å². The predicted octanol–water partition coefficient (Wildman–Crippen LogP) is 1.43. The molecule has 2 aliphatic rings. The van der Waals surface area contributed by atoms with E-state index >= 15 is 0 Å². The van der Waals surface area contributed by atoms with Gasteiger partial charge in [0.2, 0.25) is 0 Å². The topological polar surface area (TPSA) is 87.8 Å². The molecule has 3 rings (SSSR count). The molecular formula is C16H26N4O3S. The molecule has 0 bridgehead atoms. The van der Waals surface area contributed by atoms with Crippen molar-refractivity contribution in [2.45, 2.75) is 44.7 Å². The Hall–Kier alpha value is -1.57. The molecule has 1 atom stereocenters. The molecule has 0 radical (unpaired) electrons. The van der Waals surface area contributed by atoms with Crippen LogP contribution in [0.1, 0.15) is 37.8 Å². The summed E-state index contributed by atoms with van der Waals surface area (Å²) < 4.78 is 28.1. The zero-order valence-electron chi connectivity index (χ0n) is 14.1. The number of guanidine groups is 1. The number of sulfone groups is 1. The van der Waals surface area contributed by atoms with Crippen LogP contribution in [-0.2, 0) is 16.4 Å². The highest BCUT2D eigenvalue weighted by Crippen LogP contribution is 2.20. The van der Waals surface area contributed by atoms with Crippen molar-refractivity contribution in [3.8, 4) is 0 Å². The second-order valence-corrected chi connectivity index (χ2v) is 9.13. The van der Waals surface area contributed by atoms with Gasteiger partial charge < -0.3 is 14.7 Å². The minimum atomic E-state index is -2.85. The molecule has 0 aromatic carbocycles. The number of nitrogens with one attached hydrogen (secondary N) is 1. The maximum atomic E-state index is 11.6. The fraction of sp³-hybridized carbons (Fsp3) is 0.750. The molecule has 7 nitrogen and oxygen atoms in total. The van der Waals surface area contributed by atoms with Gasteiger partial charge in [-0.2, -0.15) is 0 Å². The number of aliphatic imine (C=N–C) groups is 1. The van der Waals surface area contributed by atoms with Crippen molar-refractivity contribution >= 4 is 15.8 Å². The largest absolute Gasteiger partial charge is 0.364 e. The van der Waals surface area contributed by atoms with Crippen LogP contribution in [0, 0.1) is 5.92 Å². The summed E-state index contributed by atoms with van der Waals surface area (Å²) in [6.45, 7) is 1.16. The highest BCUT2D eigenvalue weighted by Gasteiger charge is 2.28. The maximum Gasteiger partial charge on any atom is 0.194 e. The average Bonchev–Trinajstić information content (AvgIpc) is 3.26. The highest BCUT2D eigenvalue weighted by atomic mass is 32.2. The van der Waals surface area contributed by atoms with Gasteiger partial charge in [0, 0.05) is 25.7 Å². The van der Waals surface area contributed by atoms with E-state index in [1.807, 2.05) is 18.0 Å². The lowest BCUT2D eigenvalue weighted by Gasteiger charge is -2.25. The van der Waals surface area contributed by atoms with Crippen molar-refractivity contribution in [1.29, 1.82) is 0 Å². The van der Waals surface area contributed by atoms with Crippen LogP contribution in [0.4, 0.5) is 0 Å². The highest BCUT2D eigenvalue weighted by molar-refractivity contribution is 7.91. The van der Waals surface area contributed by atoms with Gasteiger partial charge in [-0.25, -0.2) is 8.42 Å². The van der Waals surface area contributed by atoms with Crippen LogP contribution in [0.3, 0.4) is 0 Å². The summed E-state index contributed by atoms with van der Waals surface area (Å²) in [4.78, 5) is 6.75. The molecule has 1 N–H and O–H groups in total. The second kappa shape index (κ2) is 7.55. The van der Waals surface area contributed by atoms with Crippen molar-refractivity contribution in [3.05, 3.63) is 18.0 Å². The lowest BCUT2D eigenvalue weighted by atomic mass is 10.1. The predicted molar refractivity (Wildman–Crippen MR) is 92.4 cm³/mol. The zero-order valence-corrected chi connectivity index (χ0v) is 15.0. The van der Waals surface area contributed by atoms with Crippen molar-refractivity contribution in [2.75, 3.05) is 25.1 Å². The Kier molecular flexibility index (Phi) is 5.43. The lowest BCUT2D eigenvalue weighted by molar-refractivity contribution is 0.388. The van der Waals surface area contributed by atoms with E-state index in [0.29, 0.717) is 24.9 Å². The van der Waals surface area contributed by atoms with Crippen LogP contribution in [0.15, 0.2) is 21.8 Å². The number of nitrogens with zero attached hydrogens (tertiary/aromatic N) is 3. The first-order valence-corrected chi connectivity index (χ1v) is 10.5. The molecule has 1 aliphatic heterocycles. The number of aromatic nitrogens is 1. The minimum Gasteiger partial charge on any atom is -0.364 e. The Morgan fingerprint density at radius 3 is 2.83 bits per heavy atom. The summed E-state index contributed by atoms with van der Waals surface area (Å²) in [5.41, 5.74) is 0.849. The first-order valence-electron chi connectivity index (χ1n) is 8.63. The molecular weight excluding hydrogens is 328 g/mol. The molecule has 24 heavy (non-hydrogen) atoms. The average molecular weight is 354 g/mol.